The molecule has 34 heavy (non-hydrogen) atoms. The van der Waals surface area contributed by atoms with Crippen molar-refractivity contribution in [2.24, 2.45) is 0 Å². The SMILES string of the molecule is O=C1OC(c2cc(C(F)(F)F)cc(C(F)(F)F)c2)C2CCC(c3nc(C(F)(F)F)ccc3Cl)N12. The van der Waals surface area contributed by atoms with Crippen molar-refractivity contribution in [1.82, 2.24) is 9.88 Å². The Hall–Kier alpha value is -2.70. The third-order valence-electron chi connectivity index (χ3n) is 5.63. The number of hydrogen-bond donors (Lipinski definition) is 0. The number of nitrogens with zero attached hydrogens (tertiary/aromatic N) is 2. The second-order valence-corrected chi connectivity index (χ2v) is 8.18. The summed E-state index contributed by atoms with van der Waals surface area (Å²) in [5.41, 5.74) is -5.26. The third-order valence-corrected chi connectivity index (χ3v) is 5.95. The van der Waals surface area contributed by atoms with Gasteiger partial charge >= 0.3 is 24.6 Å². The second-order valence-electron chi connectivity index (χ2n) is 7.77. The smallest absolute Gasteiger partial charge is 0.433 e. The van der Waals surface area contributed by atoms with Crippen molar-refractivity contribution >= 4 is 17.7 Å². The summed E-state index contributed by atoms with van der Waals surface area (Å²) in [5, 5.41) is -0.187. The summed E-state index contributed by atoms with van der Waals surface area (Å²) in [4.78, 5) is 17.0. The third kappa shape index (κ3) is 4.37. The van der Waals surface area contributed by atoms with E-state index < -0.39 is 65.2 Å². The number of amides is 1. The molecule has 3 atom stereocenters. The van der Waals surface area contributed by atoms with Crippen molar-refractivity contribution in [3.8, 4) is 0 Å². The van der Waals surface area contributed by atoms with E-state index in [9.17, 15) is 44.3 Å². The lowest BCUT2D eigenvalue weighted by atomic mass is 9.96. The second kappa shape index (κ2) is 7.92. The number of fused-ring (bicyclic) bond motifs is 1. The molecule has 1 aromatic heterocycles. The van der Waals surface area contributed by atoms with Crippen LogP contribution in [0.15, 0.2) is 30.3 Å². The fourth-order valence-corrected chi connectivity index (χ4v) is 4.43. The molecule has 1 amide bonds. The van der Waals surface area contributed by atoms with Gasteiger partial charge in [-0.05, 0) is 48.7 Å². The van der Waals surface area contributed by atoms with Crippen LogP contribution in [-0.2, 0) is 23.3 Å². The zero-order chi connectivity index (χ0) is 25.2. The molecule has 0 spiro atoms. The molecule has 0 bridgehead atoms. The van der Waals surface area contributed by atoms with Crippen LogP contribution >= 0.6 is 11.6 Å². The van der Waals surface area contributed by atoms with Gasteiger partial charge in [-0.15, -0.1) is 0 Å². The molecule has 184 valence electrons. The average molecular weight is 519 g/mol. The lowest BCUT2D eigenvalue weighted by Crippen LogP contribution is -2.31. The summed E-state index contributed by atoms with van der Waals surface area (Å²) < 4.78 is 124. The minimum absolute atomic E-state index is 0.0208. The summed E-state index contributed by atoms with van der Waals surface area (Å²) in [7, 11) is 0. The molecule has 0 aliphatic carbocycles. The van der Waals surface area contributed by atoms with E-state index in [-0.39, 0.29) is 29.6 Å². The molecule has 4 rings (SSSR count). The number of halogens is 10. The van der Waals surface area contributed by atoms with Gasteiger partial charge in [-0.3, -0.25) is 4.90 Å². The van der Waals surface area contributed by atoms with E-state index in [4.69, 9.17) is 16.3 Å². The Balaban J connectivity index is 1.73. The van der Waals surface area contributed by atoms with Gasteiger partial charge in [-0.25, -0.2) is 9.78 Å². The largest absolute Gasteiger partial charge is 0.439 e. The van der Waals surface area contributed by atoms with Gasteiger partial charge in [0, 0.05) is 0 Å². The van der Waals surface area contributed by atoms with Crippen LogP contribution in [0.1, 0.15) is 53.1 Å². The highest BCUT2D eigenvalue weighted by molar-refractivity contribution is 6.31. The van der Waals surface area contributed by atoms with Crippen LogP contribution in [0, 0.1) is 0 Å². The van der Waals surface area contributed by atoms with Crippen molar-refractivity contribution in [3.63, 3.8) is 0 Å². The van der Waals surface area contributed by atoms with Crippen molar-refractivity contribution in [1.29, 1.82) is 0 Å². The molecule has 2 fully saturated rings. The van der Waals surface area contributed by atoms with Crippen molar-refractivity contribution in [2.45, 2.75) is 49.6 Å². The van der Waals surface area contributed by atoms with Gasteiger partial charge in [0.25, 0.3) is 0 Å². The van der Waals surface area contributed by atoms with Gasteiger partial charge in [0.2, 0.25) is 0 Å². The maximum absolute atomic E-state index is 13.2. The quantitative estimate of drug-likeness (QED) is 0.395. The lowest BCUT2D eigenvalue weighted by molar-refractivity contribution is -0.143. The lowest BCUT2D eigenvalue weighted by Gasteiger charge is -2.23. The van der Waals surface area contributed by atoms with Crippen LogP contribution in [-0.4, -0.2) is 22.0 Å². The number of hydrogen-bond acceptors (Lipinski definition) is 3. The van der Waals surface area contributed by atoms with Crippen molar-refractivity contribution < 1.29 is 49.0 Å². The first-order valence-corrected chi connectivity index (χ1v) is 9.97. The molecule has 0 radical (unpaired) electrons. The van der Waals surface area contributed by atoms with Gasteiger partial charge in [0.1, 0.15) is 11.8 Å². The Bertz CT molecular complexity index is 1100. The van der Waals surface area contributed by atoms with Crippen molar-refractivity contribution in [2.75, 3.05) is 0 Å². The highest BCUT2D eigenvalue weighted by Gasteiger charge is 2.52. The average Bonchev–Trinajstić information content (AvgIpc) is 3.27. The Morgan fingerprint density at radius 3 is 2.00 bits per heavy atom. The highest BCUT2D eigenvalue weighted by Crippen LogP contribution is 2.49. The van der Waals surface area contributed by atoms with E-state index in [2.05, 4.69) is 4.98 Å². The summed E-state index contributed by atoms with van der Waals surface area (Å²) >= 11 is 6.00. The molecule has 14 heteroatoms. The van der Waals surface area contributed by atoms with E-state index >= 15 is 0 Å². The van der Waals surface area contributed by atoms with Crippen LogP contribution in [0.5, 0.6) is 0 Å². The van der Waals surface area contributed by atoms with Gasteiger partial charge in [0.15, 0.2) is 0 Å². The molecule has 2 aliphatic heterocycles. The van der Waals surface area contributed by atoms with Crippen LogP contribution in [0.3, 0.4) is 0 Å². The number of benzene rings is 1. The summed E-state index contributed by atoms with van der Waals surface area (Å²) in [6.07, 6.45) is -17.6. The molecule has 4 nitrogen and oxygen atoms in total. The number of rotatable bonds is 2. The van der Waals surface area contributed by atoms with Gasteiger partial charge < -0.3 is 4.74 Å². The summed E-state index contributed by atoms with van der Waals surface area (Å²) in [6, 6.07) is 0.312. The summed E-state index contributed by atoms with van der Waals surface area (Å²) in [6.45, 7) is 0. The Morgan fingerprint density at radius 1 is 0.882 bits per heavy atom. The fourth-order valence-electron chi connectivity index (χ4n) is 4.20. The Morgan fingerprint density at radius 2 is 1.47 bits per heavy atom. The van der Waals surface area contributed by atoms with Crippen LogP contribution in [0.25, 0.3) is 0 Å². The molecular weight excluding hydrogens is 507 g/mol. The van der Waals surface area contributed by atoms with Crippen LogP contribution in [0.2, 0.25) is 5.02 Å². The van der Waals surface area contributed by atoms with E-state index in [1.807, 2.05) is 0 Å². The number of carbonyl (C=O) groups is 1. The molecule has 2 saturated heterocycles. The monoisotopic (exact) mass is 518 g/mol. The van der Waals surface area contributed by atoms with Crippen LogP contribution < -0.4 is 0 Å². The van der Waals surface area contributed by atoms with Crippen molar-refractivity contribution in [3.05, 3.63) is 63.4 Å². The summed E-state index contributed by atoms with van der Waals surface area (Å²) in [5.74, 6) is 0. The minimum atomic E-state index is -5.11. The molecule has 3 unspecified atom stereocenters. The van der Waals surface area contributed by atoms with Gasteiger partial charge in [0.05, 0.1) is 33.9 Å². The molecule has 3 heterocycles. The highest BCUT2D eigenvalue weighted by atomic mass is 35.5. The number of ether oxygens (including phenoxy) is 1. The number of aromatic nitrogens is 1. The normalized spacial score (nSPS) is 23.3. The van der Waals surface area contributed by atoms with E-state index in [1.54, 1.807) is 0 Å². The van der Waals surface area contributed by atoms with E-state index in [0.717, 1.165) is 11.0 Å². The van der Waals surface area contributed by atoms with Crippen LogP contribution in [0.4, 0.5) is 44.3 Å². The number of carbonyl (C=O) groups excluding carboxylic acids is 1. The van der Waals surface area contributed by atoms with Gasteiger partial charge in [-0.1, -0.05) is 11.6 Å². The first-order valence-electron chi connectivity index (χ1n) is 9.59. The predicted octanol–water partition coefficient (Wildman–Crippen LogP) is 7.19. The molecule has 2 aliphatic rings. The van der Waals surface area contributed by atoms with E-state index in [1.165, 1.54) is 0 Å². The Labute approximate surface area is 190 Å². The molecule has 2 aromatic rings. The molecule has 0 saturated carbocycles. The first kappa shape index (κ1) is 24.4. The fraction of sp³-hybridized carbons (Fsp3) is 0.400. The number of cyclic esters (lactones) is 1. The molecule has 0 N–H and O–H groups in total. The van der Waals surface area contributed by atoms with E-state index in [0.29, 0.717) is 18.2 Å². The maximum Gasteiger partial charge on any atom is 0.433 e. The topological polar surface area (TPSA) is 42.4 Å². The number of pyridine rings is 1. The molecular formula is C20H12ClF9N2O2. The first-order chi connectivity index (χ1) is 15.6. The predicted molar refractivity (Wildman–Crippen MR) is 97.5 cm³/mol. The zero-order valence-corrected chi connectivity index (χ0v) is 17.3. The molecule has 1 aromatic carbocycles. The standard InChI is InChI=1S/C20H12ClF9N2O2/c21-11-1-4-14(20(28,29)30)31-15(11)12-2-3-13-16(34-17(33)32(12)13)8-5-9(18(22,23)24)7-10(6-8)19(25,26)27/h1,4-7,12-13,16H,2-3H2. The minimum Gasteiger partial charge on any atom is -0.439 e. The van der Waals surface area contributed by atoms with Gasteiger partial charge in [-0.2, -0.15) is 39.5 Å². The zero-order valence-electron chi connectivity index (χ0n) is 16.5. The number of alkyl halides is 9. The Kier molecular flexibility index (Phi) is 5.69. The maximum atomic E-state index is 13.2.